The second kappa shape index (κ2) is 5.32. The highest BCUT2D eigenvalue weighted by molar-refractivity contribution is 9.10. The highest BCUT2D eigenvalue weighted by atomic mass is 79.9. The first-order chi connectivity index (χ1) is 11.8. The van der Waals surface area contributed by atoms with Crippen molar-refractivity contribution in [2.24, 2.45) is 0 Å². The second-order valence-corrected chi connectivity index (χ2v) is 7.21. The molecular weight excluding hydrogens is 390 g/mol. The van der Waals surface area contributed by atoms with E-state index in [1.54, 1.807) is 11.3 Å². The molecule has 0 atom stereocenters. The number of fused-ring (bicyclic) bond motifs is 2. The van der Waals surface area contributed by atoms with Crippen molar-refractivity contribution in [2.75, 3.05) is 6.79 Å². The largest absolute Gasteiger partial charge is 0.454 e. The monoisotopic (exact) mass is 399 g/mol. The van der Waals surface area contributed by atoms with Gasteiger partial charge in [-0.15, -0.1) is 0 Å². The van der Waals surface area contributed by atoms with Gasteiger partial charge in [-0.2, -0.15) is 5.10 Å². The average Bonchev–Trinajstić information content (AvgIpc) is 3.28. The smallest absolute Gasteiger partial charge is 0.231 e. The van der Waals surface area contributed by atoms with Crippen LogP contribution in [0, 0.1) is 0 Å². The van der Waals surface area contributed by atoms with Crippen molar-refractivity contribution >= 4 is 32.2 Å². The number of rotatable bonds is 2. The van der Waals surface area contributed by atoms with Gasteiger partial charge in [0.1, 0.15) is 5.01 Å². The molecule has 0 fully saturated rings. The molecule has 4 aromatic rings. The van der Waals surface area contributed by atoms with E-state index in [2.05, 4.69) is 26.0 Å². The number of aromatic nitrogens is 3. The minimum atomic E-state index is 0.274. The Morgan fingerprint density at radius 1 is 1.00 bits per heavy atom. The third-order valence-electron chi connectivity index (χ3n) is 3.80. The summed E-state index contributed by atoms with van der Waals surface area (Å²) in [6, 6.07) is 13.9. The molecule has 0 radical (unpaired) electrons. The lowest BCUT2D eigenvalue weighted by molar-refractivity contribution is 0.174. The van der Waals surface area contributed by atoms with Crippen molar-refractivity contribution in [3.63, 3.8) is 0 Å². The van der Waals surface area contributed by atoms with Gasteiger partial charge in [0.05, 0.1) is 11.9 Å². The van der Waals surface area contributed by atoms with Gasteiger partial charge in [-0.05, 0) is 30.3 Å². The summed E-state index contributed by atoms with van der Waals surface area (Å²) < 4.78 is 13.7. The fraction of sp³-hybridized carbons (Fsp3) is 0.0588. The van der Waals surface area contributed by atoms with E-state index in [0.29, 0.717) is 0 Å². The Balaban J connectivity index is 1.53. The molecule has 7 heteroatoms. The first kappa shape index (κ1) is 14.0. The van der Waals surface area contributed by atoms with Crippen molar-refractivity contribution in [3.8, 4) is 33.3 Å². The third kappa shape index (κ3) is 2.28. The summed E-state index contributed by atoms with van der Waals surface area (Å²) in [6.45, 7) is 0.274. The lowest BCUT2D eigenvalue weighted by Gasteiger charge is -1.98. The summed E-state index contributed by atoms with van der Waals surface area (Å²) in [6.07, 6.45) is 1.95. The average molecular weight is 400 g/mol. The molecule has 0 N–H and O–H groups in total. The molecule has 24 heavy (non-hydrogen) atoms. The van der Waals surface area contributed by atoms with E-state index in [-0.39, 0.29) is 6.79 Å². The highest BCUT2D eigenvalue weighted by Gasteiger charge is 2.16. The molecule has 1 aliphatic rings. The van der Waals surface area contributed by atoms with Gasteiger partial charge in [-0.1, -0.05) is 39.4 Å². The van der Waals surface area contributed by atoms with Crippen LogP contribution in [0.1, 0.15) is 0 Å². The minimum Gasteiger partial charge on any atom is -0.454 e. The summed E-state index contributed by atoms with van der Waals surface area (Å²) in [5.74, 6) is 1.54. The first-order valence-electron chi connectivity index (χ1n) is 7.28. The molecule has 0 unspecified atom stereocenters. The molecular formula is C17H10BrN3O2S. The number of imidazole rings is 1. The van der Waals surface area contributed by atoms with Gasteiger partial charge >= 0.3 is 0 Å². The van der Waals surface area contributed by atoms with E-state index in [4.69, 9.17) is 9.47 Å². The van der Waals surface area contributed by atoms with E-state index >= 15 is 0 Å². The molecule has 1 aliphatic heterocycles. The van der Waals surface area contributed by atoms with Crippen molar-refractivity contribution in [3.05, 3.63) is 53.1 Å². The standard InChI is InChI=1S/C17H10BrN3O2S/c18-12-4-1-10(2-5-12)13-8-21-17(19-13)24-16(20-21)11-3-6-14-15(7-11)23-9-22-14/h1-8H,9H2. The van der Waals surface area contributed by atoms with Crippen LogP contribution in [-0.4, -0.2) is 21.4 Å². The molecule has 0 bridgehead atoms. The molecule has 5 nitrogen and oxygen atoms in total. The van der Waals surface area contributed by atoms with Crippen molar-refractivity contribution in [1.29, 1.82) is 0 Å². The first-order valence-corrected chi connectivity index (χ1v) is 8.89. The van der Waals surface area contributed by atoms with Crippen molar-refractivity contribution in [2.45, 2.75) is 0 Å². The maximum Gasteiger partial charge on any atom is 0.231 e. The van der Waals surface area contributed by atoms with E-state index in [1.165, 1.54) is 0 Å². The SMILES string of the molecule is Brc1ccc(-c2cn3nc(-c4ccc5c(c4)OCO5)sc3n2)cc1. The van der Waals surface area contributed by atoms with Crippen LogP contribution < -0.4 is 9.47 Å². The number of halogens is 1. The molecule has 0 aliphatic carbocycles. The molecule has 5 rings (SSSR count). The van der Waals surface area contributed by atoms with Gasteiger partial charge in [0.15, 0.2) is 11.5 Å². The van der Waals surface area contributed by atoms with Crippen LogP contribution in [0.25, 0.3) is 26.8 Å². The quantitative estimate of drug-likeness (QED) is 0.493. The van der Waals surface area contributed by atoms with E-state index in [9.17, 15) is 0 Å². The maximum absolute atomic E-state index is 5.43. The topological polar surface area (TPSA) is 48.7 Å². The molecule has 0 saturated carbocycles. The Kier molecular flexibility index (Phi) is 3.11. The maximum atomic E-state index is 5.43. The van der Waals surface area contributed by atoms with Crippen LogP contribution in [-0.2, 0) is 0 Å². The molecule has 118 valence electrons. The lowest BCUT2D eigenvalue weighted by atomic mass is 10.2. The van der Waals surface area contributed by atoms with Crippen LogP contribution in [0.4, 0.5) is 0 Å². The Labute approximate surface area is 149 Å². The van der Waals surface area contributed by atoms with Gasteiger partial charge in [-0.25, -0.2) is 9.50 Å². The zero-order chi connectivity index (χ0) is 16.1. The highest BCUT2D eigenvalue weighted by Crippen LogP contribution is 2.37. The summed E-state index contributed by atoms with van der Waals surface area (Å²) in [5, 5.41) is 5.54. The lowest BCUT2D eigenvalue weighted by Crippen LogP contribution is -1.92. The molecule has 0 spiro atoms. The zero-order valence-corrected chi connectivity index (χ0v) is 14.7. The van der Waals surface area contributed by atoms with Crippen molar-refractivity contribution in [1.82, 2.24) is 14.6 Å². The van der Waals surface area contributed by atoms with Gasteiger partial charge < -0.3 is 9.47 Å². The number of hydrogen-bond acceptors (Lipinski definition) is 5. The predicted molar refractivity (Wildman–Crippen MR) is 95.6 cm³/mol. The Hall–Kier alpha value is -2.38. The minimum absolute atomic E-state index is 0.274. The molecule has 0 amide bonds. The van der Waals surface area contributed by atoms with Gasteiger partial charge in [0.25, 0.3) is 0 Å². The number of nitrogens with zero attached hydrogens (tertiary/aromatic N) is 3. The molecule has 3 heterocycles. The van der Waals surface area contributed by atoms with Crippen LogP contribution in [0.3, 0.4) is 0 Å². The summed E-state index contributed by atoms with van der Waals surface area (Å²) in [4.78, 5) is 5.54. The summed E-state index contributed by atoms with van der Waals surface area (Å²) >= 11 is 5.00. The predicted octanol–water partition coefficient (Wildman–Crippen LogP) is 4.62. The zero-order valence-electron chi connectivity index (χ0n) is 12.3. The van der Waals surface area contributed by atoms with E-state index in [1.807, 2.05) is 53.2 Å². The Morgan fingerprint density at radius 2 is 1.79 bits per heavy atom. The molecule has 2 aromatic carbocycles. The van der Waals surface area contributed by atoms with Gasteiger partial charge in [-0.3, -0.25) is 0 Å². The van der Waals surface area contributed by atoms with Crippen molar-refractivity contribution < 1.29 is 9.47 Å². The van der Waals surface area contributed by atoms with Crippen LogP contribution in [0.15, 0.2) is 53.1 Å². The summed E-state index contributed by atoms with van der Waals surface area (Å²) in [5.41, 5.74) is 2.99. The third-order valence-corrected chi connectivity index (χ3v) is 5.30. The van der Waals surface area contributed by atoms with Gasteiger partial charge in [0, 0.05) is 15.6 Å². The fourth-order valence-electron chi connectivity index (χ4n) is 2.61. The van der Waals surface area contributed by atoms with Crippen LogP contribution in [0.5, 0.6) is 11.5 Å². The number of benzene rings is 2. The molecule has 0 saturated heterocycles. The van der Waals surface area contributed by atoms with Crippen LogP contribution in [0.2, 0.25) is 0 Å². The van der Waals surface area contributed by atoms with Crippen LogP contribution >= 0.6 is 27.3 Å². The van der Waals surface area contributed by atoms with Gasteiger partial charge in [0.2, 0.25) is 11.8 Å². The van der Waals surface area contributed by atoms with E-state index < -0.39 is 0 Å². The molecule has 2 aromatic heterocycles. The Bertz CT molecular complexity index is 1020. The Morgan fingerprint density at radius 3 is 2.62 bits per heavy atom. The summed E-state index contributed by atoms with van der Waals surface area (Å²) in [7, 11) is 0. The van der Waals surface area contributed by atoms with E-state index in [0.717, 1.165) is 42.8 Å². The normalized spacial score (nSPS) is 12.9. The number of ether oxygens (including phenoxy) is 2. The second-order valence-electron chi connectivity index (χ2n) is 5.34. The fourth-order valence-corrected chi connectivity index (χ4v) is 3.75. The number of hydrogen-bond donors (Lipinski definition) is 0.